The van der Waals surface area contributed by atoms with Crippen molar-refractivity contribution in [1.29, 1.82) is 0 Å². The Labute approximate surface area is 193 Å². The van der Waals surface area contributed by atoms with E-state index in [-0.39, 0.29) is 23.6 Å². The van der Waals surface area contributed by atoms with Crippen molar-refractivity contribution in [2.45, 2.75) is 37.8 Å². The number of anilines is 1. The van der Waals surface area contributed by atoms with Gasteiger partial charge in [0.1, 0.15) is 0 Å². The highest BCUT2D eigenvalue weighted by molar-refractivity contribution is 7.92. The van der Waals surface area contributed by atoms with E-state index in [0.717, 1.165) is 16.7 Å². The molecule has 0 saturated carbocycles. The van der Waals surface area contributed by atoms with Gasteiger partial charge in [0.15, 0.2) is 11.5 Å². The summed E-state index contributed by atoms with van der Waals surface area (Å²) in [6.07, 6.45) is 0.545. The lowest BCUT2D eigenvalue weighted by atomic mass is 10.1. The number of fused-ring (bicyclic) bond motifs is 2. The number of carbonyl (C=O) groups excluding carboxylic acids is 1. The lowest BCUT2D eigenvalue weighted by molar-refractivity contribution is 0.0950. The number of benzene rings is 3. The molecule has 3 aromatic rings. The van der Waals surface area contributed by atoms with Crippen LogP contribution in [-0.2, 0) is 23.0 Å². The van der Waals surface area contributed by atoms with Crippen LogP contribution in [0.5, 0.6) is 11.5 Å². The Hall–Kier alpha value is -3.52. The van der Waals surface area contributed by atoms with Crippen LogP contribution in [-0.4, -0.2) is 27.2 Å². The fourth-order valence-electron chi connectivity index (χ4n) is 4.27. The third-order valence-electron chi connectivity index (χ3n) is 5.96. The first-order valence-corrected chi connectivity index (χ1v) is 12.2. The first-order chi connectivity index (χ1) is 15.8. The van der Waals surface area contributed by atoms with Crippen LogP contribution in [0.2, 0.25) is 0 Å². The Kier molecular flexibility index (Phi) is 5.25. The number of nitrogens with one attached hydrogen (secondary N) is 1. The maximum absolute atomic E-state index is 13.3. The summed E-state index contributed by atoms with van der Waals surface area (Å²) < 4.78 is 38.8. The molecular weight excluding hydrogens is 440 g/mol. The minimum absolute atomic E-state index is 0.204. The van der Waals surface area contributed by atoms with Crippen LogP contribution in [0.1, 0.15) is 34.0 Å². The molecule has 0 radical (unpaired) electrons. The topological polar surface area (TPSA) is 84.9 Å². The fourth-order valence-corrected chi connectivity index (χ4v) is 5.96. The highest BCUT2D eigenvalue weighted by atomic mass is 32.2. The van der Waals surface area contributed by atoms with E-state index in [1.54, 1.807) is 42.5 Å². The average Bonchev–Trinajstić information content (AvgIpc) is 3.40. The maximum Gasteiger partial charge on any atom is 0.264 e. The summed E-state index contributed by atoms with van der Waals surface area (Å²) in [4.78, 5) is 13.0. The average molecular weight is 465 g/mol. The van der Waals surface area contributed by atoms with Crippen molar-refractivity contribution in [1.82, 2.24) is 5.32 Å². The van der Waals surface area contributed by atoms with Crippen LogP contribution in [0.15, 0.2) is 65.6 Å². The molecule has 5 rings (SSSR count). The van der Waals surface area contributed by atoms with E-state index in [4.69, 9.17) is 9.47 Å². The molecule has 170 valence electrons. The summed E-state index contributed by atoms with van der Waals surface area (Å²) in [5, 5.41) is 2.91. The van der Waals surface area contributed by atoms with E-state index in [1.165, 1.54) is 4.31 Å². The number of rotatable bonds is 5. The van der Waals surface area contributed by atoms with Crippen molar-refractivity contribution < 1.29 is 22.7 Å². The second kappa shape index (κ2) is 8.12. The van der Waals surface area contributed by atoms with Crippen LogP contribution in [0.3, 0.4) is 0 Å². The van der Waals surface area contributed by atoms with Crippen molar-refractivity contribution >= 4 is 21.6 Å². The highest BCUT2D eigenvalue weighted by Gasteiger charge is 2.36. The maximum atomic E-state index is 13.3. The van der Waals surface area contributed by atoms with Gasteiger partial charge in [0.05, 0.1) is 10.6 Å². The quantitative estimate of drug-likeness (QED) is 0.621. The molecular formula is C25H24N2O5S. The number of hydrogen-bond donors (Lipinski definition) is 1. The number of aryl methyl sites for hydroxylation is 1. The third kappa shape index (κ3) is 3.91. The molecule has 2 aliphatic heterocycles. The Morgan fingerprint density at radius 3 is 2.58 bits per heavy atom. The van der Waals surface area contributed by atoms with Crippen LogP contribution in [0, 0.1) is 6.92 Å². The largest absolute Gasteiger partial charge is 0.454 e. The van der Waals surface area contributed by atoms with Gasteiger partial charge >= 0.3 is 0 Å². The van der Waals surface area contributed by atoms with Gasteiger partial charge in [-0.1, -0.05) is 23.8 Å². The Morgan fingerprint density at radius 2 is 1.79 bits per heavy atom. The van der Waals surface area contributed by atoms with Crippen LogP contribution in [0.4, 0.5) is 5.69 Å². The van der Waals surface area contributed by atoms with Crippen LogP contribution >= 0.6 is 0 Å². The summed E-state index contributed by atoms with van der Waals surface area (Å²) in [5.74, 6) is 1.15. The summed E-state index contributed by atoms with van der Waals surface area (Å²) in [6.45, 7) is 4.35. The molecule has 0 spiro atoms. The van der Waals surface area contributed by atoms with E-state index in [0.29, 0.717) is 35.7 Å². The predicted molar refractivity (Wildman–Crippen MR) is 124 cm³/mol. The van der Waals surface area contributed by atoms with Crippen LogP contribution < -0.4 is 19.1 Å². The fraction of sp³-hybridized carbons (Fsp3) is 0.240. The number of sulfonamides is 1. The second-order valence-corrected chi connectivity index (χ2v) is 10.2. The van der Waals surface area contributed by atoms with Gasteiger partial charge in [0.25, 0.3) is 15.9 Å². The van der Waals surface area contributed by atoms with Crippen molar-refractivity contribution in [3.8, 4) is 11.5 Å². The van der Waals surface area contributed by atoms with E-state index in [9.17, 15) is 13.2 Å². The molecule has 33 heavy (non-hydrogen) atoms. The van der Waals surface area contributed by atoms with Gasteiger partial charge in [-0.05, 0) is 73.9 Å². The third-order valence-corrected chi connectivity index (χ3v) is 7.90. The molecule has 8 heteroatoms. The van der Waals surface area contributed by atoms with Gasteiger partial charge in [-0.3, -0.25) is 9.10 Å². The zero-order valence-corrected chi connectivity index (χ0v) is 19.2. The van der Waals surface area contributed by atoms with Gasteiger partial charge in [-0.25, -0.2) is 8.42 Å². The number of carbonyl (C=O) groups is 1. The summed E-state index contributed by atoms with van der Waals surface area (Å²) >= 11 is 0. The lowest BCUT2D eigenvalue weighted by Crippen LogP contribution is -2.35. The van der Waals surface area contributed by atoms with Gasteiger partial charge in [0, 0.05) is 18.2 Å². The van der Waals surface area contributed by atoms with E-state index in [1.807, 2.05) is 32.0 Å². The minimum Gasteiger partial charge on any atom is -0.454 e. The van der Waals surface area contributed by atoms with E-state index < -0.39 is 10.0 Å². The van der Waals surface area contributed by atoms with Gasteiger partial charge in [-0.15, -0.1) is 0 Å². The molecule has 1 atom stereocenters. The molecule has 0 saturated heterocycles. The van der Waals surface area contributed by atoms with Crippen molar-refractivity contribution in [2.24, 2.45) is 0 Å². The lowest BCUT2D eigenvalue weighted by Gasteiger charge is -2.24. The number of amides is 1. The molecule has 3 aromatic carbocycles. The summed E-state index contributed by atoms with van der Waals surface area (Å²) in [7, 11) is -3.69. The monoisotopic (exact) mass is 464 g/mol. The van der Waals surface area contributed by atoms with Crippen molar-refractivity contribution in [2.75, 3.05) is 11.1 Å². The minimum atomic E-state index is -3.69. The molecule has 2 heterocycles. The molecule has 7 nitrogen and oxygen atoms in total. The SMILES string of the molecule is Cc1ccc(S(=O)(=O)N2c3ccc(C(=O)NCc4ccc5c(c4)OCO5)cc3C[C@@H]2C)cc1. The van der Waals surface area contributed by atoms with E-state index >= 15 is 0 Å². The molecule has 2 aliphatic rings. The first-order valence-electron chi connectivity index (χ1n) is 10.7. The number of ether oxygens (including phenoxy) is 2. The van der Waals surface area contributed by atoms with Crippen LogP contribution in [0.25, 0.3) is 0 Å². The summed E-state index contributed by atoms with van der Waals surface area (Å²) in [6, 6.07) is 17.3. The standard InChI is InChI=1S/C25H24N2O5S/c1-16-3-7-21(8-4-16)33(29,30)27-17(2)11-20-13-19(6-9-22(20)27)25(28)26-14-18-5-10-23-24(12-18)32-15-31-23/h3-10,12-13,17H,11,14-15H2,1-2H3,(H,26,28)/t17-/m0/s1. The summed E-state index contributed by atoms with van der Waals surface area (Å²) in [5.41, 5.74) is 3.86. The van der Waals surface area contributed by atoms with E-state index in [2.05, 4.69) is 5.32 Å². The predicted octanol–water partition coefficient (Wildman–Crippen LogP) is 3.79. The zero-order chi connectivity index (χ0) is 23.2. The number of hydrogen-bond acceptors (Lipinski definition) is 5. The van der Waals surface area contributed by atoms with Gasteiger partial charge in [-0.2, -0.15) is 0 Å². The normalized spacial score (nSPS) is 16.5. The molecule has 1 N–H and O–H groups in total. The molecule has 0 bridgehead atoms. The molecule has 0 unspecified atom stereocenters. The Bertz CT molecular complexity index is 1340. The first kappa shape index (κ1) is 21.3. The molecule has 0 aliphatic carbocycles. The molecule has 0 aromatic heterocycles. The highest BCUT2D eigenvalue weighted by Crippen LogP contribution is 2.37. The smallest absolute Gasteiger partial charge is 0.264 e. The number of nitrogens with zero attached hydrogens (tertiary/aromatic N) is 1. The molecule has 0 fully saturated rings. The van der Waals surface area contributed by atoms with Crippen molar-refractivity contribution in [3.05, 3.63) is 82.9 Å². The molecule has 1 amide bonds. The van der Waals surface area contributed by atoms with Gasteiger partial charge in [0.2, 0.25) is 6.79 Å². The van der Waals surface area contributed by atoms with Gasteiger partial charge < -0.3 is 14.8 Å². The Balaban J connectivity index is 1.34. The van der Waals surface area contributed by atoms with Crippen molar-refractivity contribution in [3.63, 3.8) is 0 Å². The zero-order valence-electron chi connectivity index (χ0n) is 18.4. The Morgan fingerprint density at radius 1 is 1.03 bits per heavy atom. The second-order valence-electron chi connectivity index (χ2n) is 8.38.